The molecule has 19 heavy (non-hydrogen) atoms. The number of thiazole rings is 1. The number of ether oxygens (including phenoxy) is 1. The van der Waals surface area contributed by atoms with Gasteiger partial charge in [-0.1, -0.05) is 12.1 Å². The number of aromatic nitrogens is 1. The maximum Gasteiger partial charge on any atom is 0.216 e. The highest BCUT2D eigenvalue weighted by molar-refractivity contribution is 7.13. The fraction of sp³-hybridized carbons (Fsp3) is 0.286. The van der Waals surface area contributed by atoms with E-state index in [1.54, 1.807) is 17.5 Å². The summed E-state index contributed by atoms with van der Waals surface area (Å²) in [7, 11) is 0. The maximum absolute atomic E-state index is 10.7. The van der Waals surface area contributed by atoms with Gasteiger partial charge in [0.25, 0.3) is 0 Å². The SMILES string of the molecule is CC(=O)NCCCOc1ccccc1-c1nccs1. The van der Waals surface area contributed by atoms with Crippen molar-refractivity contribution in [3.8, 4) is 16.3 Å². The number of rotatable bonds is 6. The molecule has 2 aromatic rings. The first-order chi connectivity index (χ1) is 9.27. The maximum atomic E-state index is 10.7. The van der Waals surface area contributed by atoms with Crippen molar-refractivity contribution in [3.63, 3.8) is 0 Å². The molecule has 1 aromatic carbocycles. The lowest BCUT2D eigenvalue weighted by molar-refractivity contribution is -0.118. The molecule has 4 nitrogen and oxygen atoms in total. The highest BCUT2D eigenvalue weighted by Gasteiger charge is 2.07. The van der Waals surface area contributed by atoms with E-state index in [4.69, 9.17) is 4.74 Å². The Balaban J connectivity index is 1.92. The van der Waals surface area contributed by atoms with Gasteiger partial charge in [0.2, 0.25) is 5.91 Å². The van der Waals surface area contributed by atoms with E-state index >= 15 is 0 Å². The fourth-order valence-electron chi connectivity index (χ4n) is 1.64. The van der Waals surface area contributed by atoms with Gasteiger partial charge in [-0.2, -0.15) is 0 Å². The van der Waals surface area contributed by atoms with Crippen LogP contribution in [-0.2, 0) is 4.79 Å². The first kappa shape index (κ1) is 13.5. The molecule has 0 aliphatic rings. The van der Waals surface area contributed by atoms with Gasteiger partial charge in [0, 0.05) is 25.0 Å². The summed E-state index contributed by atoms with van der Waals surface area (Å²) < 4.78 is 5.76. The molecule has 0 atom stereocenters. The van der Waals surface area contributed by atoms with Crippen LogP contribution < -0.4 is 10.1 Å². The molecule has 1 amide bonds. The topological polar surface area (TPSA) is 51.2 Å². The van der Waals surface area contributed by atoms with Crippen molar-refractivity contribution in [1.29, 1.82) is 0 Å². The van der Waals surface area contributed by atoms with Gasteiger partial charge in [-0.05, 0) is 18.6 Å². The first-order valence-electron chi connectivity index (χ1n) is 6.13. The van der Waals surface area contributed by atoms with Gasteiger partial charge in [-0.3, -0.25) is 4.79 Å². The monoisotopic (exact) mass is 276 g/mol. The molecule has 0 aliphatic carbocycles. The Morgan fingerprint density at radius 3 is 3.00 bits per heavy atom. The summed E-state index contributed by atoms with van der Waals surface area (Å²) in [4.78, 5) is 15.0. The number of amides is 1. The quantitative estimate of drug-likeness (QED) is 0.825. The molecular weight excluding hydrogens is 260 g/mol. The molecule has 0 aliphatic heterocycles. The van der Waals surface area contributed by atoms with Crippen LogP contribution in [0.3, 0.4) is 0 Å². The average molecular weight is 276 g/mol. The largest absolute Gasteiger partial charge is 0.493 e. The third-order valence-corrected chi connectivity index (χ3v) is 3.31. The van der Waals surface area contributed by atoms with E-state index in [0.717, 1.165) is 22.7 Å². The van der Waals surface area contributed by atoms with Gasteiger partial charge in [-0.15, -0.1) is 11.3 Å². The molecule has 0 bridgehead atoms. The van der Waals surface area contributed by atoms with E-state index in [1.165, 1.54) is 6.92 Å². The summed E-state index contributed by atoms with van der Waals surface area (Å²) in [6.07, 6.45) is 2.57. The van der Waals surface area contributed by atoms with Gasteiger partial charge in [0.05, 0.1) is 12.2 Å². The van der Waals surface area contributed by atoms with Crippen molar-refractivity contribution >= 4 is 17.2 Å². The van der Waals surface area contributed by atoms with Crippen LogP contribution in [0.1, 0.15) is 13.3 Å². The van der Waals surface area contributed by atoms with Crippen LogP contribution in [-0.4, -0.2) is 24.0 Å². The third-order valence-electron chi connectivity index (χ3n) is 2.50. The van der Waals surface area contributed by atoms with E-state index < -0.39 is 0 Å². The Hall–Kier alpha value is -1.88. The van der Waals surface area contributed by atoms with E-state index in [0.29, 0.717) is 13.2 Å². The number of carbonyl (C=O) groups is 1. The number of para-hydroxylation sites is 1. The van der Waals surface area contributed by atoms with Crippen LogP contribution in [0.25, 0.3) is 10.6 Å². The Morgan fingerprint density at radius 1 is 1.42 bits per heavy atom. The van der Waals surface area contributed by atoms with Crippen molar-refractivity contribution in [2.45, 2.75) is 13.3 Å². The molecule has 100 valence electrons. The lowest BCUT2D eigenvalue weighted by Gasteiger charge is -2.09. The smallest absolute Gasteiger partial charge is 0.216 e. The van der Waals surface area contributed by atoms with E-state index in [1.807, 2.05) is 29.6 Å². The van der Waals surface area contributed by atoms with Gasteiger partial charge in [0.15, 0.2) is 0 Å². The number of hydrogen-bond donors (Lipinski definition) is 1. The Labute approximate surface area is 116 Å². The lowest BCUT2D eigenvalue weighted by atomic mass is 10.2. The minimum absolute atomic E-state index is 0.0109. The summed E-state index contributed by atoms with van der Waals surface area (Å²) in [6.45, 7) is 2.72. The van der Waals surface area contributed by atoms with Crippen LogP contribution >= 0.6 is 11.3 Å². The van der Waals surface area contributed by atoms with Crippen LogP contribution in [0, 0.1) is 0 Å². The van der Waals surface area contributed by atoms with Crippen LogP contribution in [0.5, 0.6) is 5.75 Å². The molecule has 5 heteroatoms. The summed E-state index contributed by atoms with van der Waals surface area (Å²) in [5, 5.41) is 5.65. The zero-order valence-corrected chi connectivity index (χ0v) is 11.6. The molecule has 1 N–H and O–H groups in total. The van der Waals surface area contributed by atoms with Crippen molar-refractivity contribution in [1.82, 2.24) is 10.3 Å². The predicted octanol–water partition coefficient (Wildman–Crippen LogP) is 2.72. The Morgan fingerprint density at radius 2 is 2.26 bits per heavy atom. The Bertz CT molecular complexity index is 526. The van der Waals surface area contributed by atoms with Crippen molar-refractivity contribution in [2.24, 2.45) is 0 Å². The van der Waals surface area contributed by atoms with Gasteiger partial charge >= 0.3 is 0 Å². The van der Waals surface area contributed by atoms with Crippen LogP contribution in [0.2, 0.25) is 0 Å². The van der Waals surface area contributed by atoms with Crippen molar-refractivity contribution in [2.75, 3.05) is 13.2 Å². The second kappa shape index (κ2) is 6.89. The number of carbonyl (C=O) groups excluding carboxylic acids is 1. The first-order valence-corrected chi connectivity index (χ1v) is 7.01. The summed E-state index contributed by atoms with van der Waals surface area (Å²) >= 11 is 1.59. The minimum atomic E-state index is -0.0109. The molecule has 0 spiro atoms. The normalized spacial score (nSPS) is 10.2. The number of benzene rings is 1. The fourth-order valence-corrected chi connectivity index (χ4v) is 2.31. The second-order valence-corrected chi connectivity index (χ2v) is 4.91. The lowest BCUT2D eigenvalue weighted by Crippen LogP contribution is -2.22. The molecular formula is C14H16N2O2S. The summed E-state index contributed by atoms with van der Waals surface area (Å²) in [5.74, 6) is 0.823. The molecule has 0 unspecified atom stereocenters. The molecule has 2 rings (SSSR count). The molecule has 1 heterocycles. The standard InChI is InChI=1S/C14H16N2O2S/c1-11(17)15-7-4-9-18-13-6-3-2-5-12(13)14-16-8-10-19-14/h2-3,5-6,8,10H,4,7,9H2,1H3,(H,15,17). The third kappa shape index (κ3) is 4.06. The summed E-state index contributed by atoms with van der Waals surface area (Å²) in [6, 6.07) is 7.86. The predicted molar refractivity (Wildman–Crippen MR) is 76.3 cm³/mol. The van der Waals surface area contributed by atoms with Gasteiger partial charge in [0.1, 0.15) is 10.8 Å². The average Bonchev–Trinajstić information content (AvgIpc) is 2.92. The zero-order chi connectivity index (χ0) is 13.5. The van der Waals surface area contributed by atoms with Gasteiger partial charge in [-0.25, -0.2) is 4.98 Å². The van der Waals surface area contributed by atoms with Crippen LogP contribution in [0.15, 0.2) is 35.8 Å². The number of nitrogens with one attached hydrogen (secondary N) is 1. The minimum Gasteiger partial charge on any atom is -0.493 e. The van der Waals surface area contributed by atoms with E-state index in [9.17, 15) is 4.79 Å². The molecule has 0 fully saturated rings. The van der Waals surface area contributed by atoms with Crippen molar-refractivity contribution in [3.05, 3.63) is 35.8 Å². The highest BCUT2D eigenvalue weighted by Crippen LogP contribution is 2.30. The Kier molecular flexibility index (Phi) is 4.92. The molecule has 0 saturated carbocycles. The molecule has 1 aromatic heterocycles. The van der Waals surface area contributed by atoms with Gasteiger partial charge < -0.3 is 10.1 Å². The van der Waals surface area contributed by atoms with E-state index in [-0.39, 0.29) is 5.91 Å². The van der Waals surface area contributed by atoms with E-state index in [2.05, 4.69) is 10.3 Å². The van der Waals surface area contributed by atoms with Crippen molar-refractivity contribution < 1.29 is 9.53 Å². The highest BCUT2D eigenvalue weighted by atomic mass is 32.1. The number of hydrogen-bond acceptors (Lipinski definition) is 4. The molecule has 0 radical (unpaired) electrons. The number of nitrogens with zero attached hydrogens (tertiary/aromatic N) is 1. The second-order valence-electron chi connectivity index (χ2n) is 4.02. The van der Waals surface area contributed by atoms with Crippen LogP contribution in [0.4, 0.5) is 0 Å². The zero-order valence-electron chi connectivity index (χ0n) is 10.8. The summed E-state index contributed by atoms with van der Waals surface area (Å²) in [5.41, 5.74) is 1.01. The molecule has 0 saturated heterocycles.